The van der Waals surface area contributed by atoms with Crippen molar-refractivity contribution in [2.24, 2.45) is 5.92 Å². The Balaban J connectivity index is 0.000000157. The van der Waals surface area contributed by atoms with Gasteiger partial charge in [-0.1, -0.05) is 87.5 Å². The summed E-state index contributed by atoms with van der Waals surface area (Å²) in [6.07, 6.45) is 2.03. The fraction of sp³-hybridized carbons (Fsp3) is 0.259. The second-order valence-corrected chi connectivity index (χ2v) is 33.0. The summed E-state index contributed by atoms with van der Waals surface area (Å²) < 4.78 is 147. The number of benzene rings is 7. The lowest BCUT2D eigenvalue weighted by atomic mass is 9.98. The zero-order valence-electron chi connectivity index (χ0n) is 67.7. The van der Waals surface area contributed by atoms with Crippen LogP contribution >= 0.6 is 0 Å². The number of nitro benzene ring substituents is 3. The molecule has 5 N–H and O–H groups in total. The predicted octanol–water partition coefficient (Wildman–Crippen LogP) is 10.8. The highest BCUT2D eigenvalue weighted by Crippen LogP contribution is 2.42. The molecule has 16 rings (SSSR count). The fourth-order valence-electron chi connectivity index (χ4n) is 14.1. The molecule has 128 heavy (non-hydrogen) atoms. The normalized spacial score (nSPS) is 19.6. The highest BCUT2D eigenvalue weighted by atomic mass is 32.2. The van der Waals surface area contributed by atoms with Gasteiger partial charge in [-0.15, -0.1) is 0 Å². The lowest BCUT2D eigenvalue weighted by Gasteiger charge is -2.23. The maximum atomic E-state index is 15.8. The first-order valence-corrected chi connectivity index (χ1v) is 43.5. The van der Waals surface area contributed by atoms with Crippen molar-refractivity contribution < 1.29 is 95.0 Å². The van der Waals surface area contributed by atoms with Gasteiger partial charge in [0.25, 0.3) is 34.8 Å². The third-order valence-electron chi connectivity index (χ3n) is 20.4. The van der Waals surface area contributed by atoms with E-state index in [9.17, 15) is 70.0 Å². The first-order chi connectivity index (χ1) is 61.5. The van der Waals surface area contributed by atoms with E-state index in [0.717, 1.165) is 42.0 Å². The number of carbonyl (C=O) groups excluding carboxylic acids is 3. The molecule has 3 amide bonds. The molecule has 7 aromatic carbocycles. The van der Waals surface area contributed by atoms with Gasteiger partial charge in [0.1, 0.15) is 54.3 Å². The molecule has 43 nitrogen and oxygen atoms in total. The van der Waals surface area contributed by atoms with Crippen LogP contribution in [0.4, 0.5) is 38.9 Å². The van der Waals surface area contributed by atoms with Gasteiger partial charge in [0.05, 0.1) is 83.6 Å². The van der Waals surface area contributed by atoms with Crippen LogP contribution in [0.1, 0.15) is 102 Å². The van der Waals surface area contributed by atoms with E-state index in [2.05, 4.69) is 70.3 Å². The second kappa shape index (κ2) is 39.4. The lowest BCUT2D eigenvalue weighted by Crippen LogP contribution is -2.47. The molecule has 0 saturated carbocycles. The van der Waals surface area contributed by atoms with Crippen LogP contribution in [0.5, 0.6) is 23.0 Å². The molecule has 0 radical (unpaired) electrons. The molecule has 47 heteroatoms. The van der Waals surface area contributed by atoms with Gasteiger partial charge in [0, 0.05) is 65.4 Å². The molecule has 3 saturated heterocycles. The Hall–Kier alpha value is -14.5. The zero-order valence-corrected chi connectivity index (χ0v) is 70.1. The molecule has 3 fully saturated rings. The summed E-state index contributed by atoms with van der Waals surface area (Å²) in [6, 6.07) is 45.1. The van der Waals surface area contributed by atoms with Gasteiger partial charge in [-0.2, -0.15) is 34.7 Å². The number of halogens is 1. The molecule has 6 aromatic heterocycles. The van der Waals surface area contributed by atoms with Crippen LogP contribution < -0.4 is 42.7 Å². The van der Waals surface area contributed by atoms with Crippen LogP contribution in [-0.2, 0) is 56.3 Å². The molecule has 9 heterocycles. The Morgan fingerprint density at radius 3 is 1.29 bits per heavy atom. The zero-order chi connectivity index (χ0) is 90.6. The van der Waals surface area contributed by atoms with E-state index in [-0.39, 0.29) is 112 Å². The van der Waals surface area contributed by atoms with Gasteiger partial charge in [-0.3, -0.25) is 58.4 Å². The van der Waals surface area contributed by atoms with Gasteiger partial charge in [-0.25, -0.2) is 49.2 Å². The molecule has 0 unspecified atom stereocenters. The third-order valence-corrected chi connectivity index (χ3v) is 23.6. The first-order valence-electron chi connectivity index (χ1n) is 39.1. The molecule has 13 aromatic rings. The monoisotopic (exact) mass is 1810 g/mol. The Bertz CT molecular complexity index is 6550. The number of carbonyl (C=O) groups is 3. The van der Waals surface area contributed by atoms with Crippen molar-refractivity contribution in [3.05, 3.63) is 279 Å². The number of imidazole rings is 3. The lowest BCUT2D eigenvalue weighted by molar-refractivity contribution is -0.385. The van der Waals surface area contributed by atoms with E-state index in [1.807, 2.05) is 50.2 Å². The first kappa shape index (κ1) is 89.8. The number of hydrogen-bond acceptors (Lipinski definition) is 32. The van der Waals surface area contributed by atoms with Crippen molar-refractivity contribution in [1.82, 2.24) is 68.0 Å². The smallest absolute Gasteiger partial charge is 0.383 e. The summed E-state index contributed by atoms with van der Waals surface area (Å²) in [5.41, 5.74) is 3.37. The Labute approximate surface area is 726 Å². The van der Waals surface area contributed by atoms with E-state index in [0.29, 0.717) is 51.2 Å². The standard InChI is InChI=1S/C33H32N6O9S.C24H22FN7O7S.C24H23N7O7S/c1-21-27(16-17-49(43,44)48-26-14-10-24(11-15-26)39(41)42)47-33(29(21)46-18-22-8-12-25(45-2)13-9-22)38-20-36-28-30(34-19-35-31(28)38)37-32(40)23-6-4-3-5-7-23;1-2-17-19(30-40(36,37)39-16-10-8-15(9-11-16)32(34)35)18(25)24(38-17)31-13-28-20-21(26-12-27-22(20)31)29-23(33)14-6-4-3-5-7-14;1-2-19-18(29-39(35,36)38-17-10-8-16(9-11-17)31(33)34)12-20(37-19)30-14-27-21-22(25-13-26-23(21)30)28-24(32)15-6-4-3-5-7-15/h3-15,19-21,27,29,33H,16-18H2,1-2H3,(H,34,35,37,40);3-13,17-19,24,30H,2H2,1H3,(H,26,27,29,33);3-11,13-14,18-20,29H,2,12H2,1H3,(H,25,26,28,32)/t21-,27-,29-,33-;17-,18-,19-,24-;18-,19+,20+/m110/s1. The maximum Gasteiger partial charge on any atom is 0.383 e. The topological polar surface area (TPSA) is 548 Å². The number of fused-ring (bicyclic) bond motifs is 3. The number of nitro groups is 3. The average molecular weight is 1810 g/mol. The number of methoxy groups -OCH3 is 1. The number of alkyl halides is 1. The number of amides is 3. The van der Waals surface area contributed by atoms with Gasteiger partial charge in [0.15, 0.2) is 69.6 Å². The summed E-state index contributed by atoms with van der Waals surface area (Å²) in [6.45, 7) is 5.69. The van der Waals surface area contributed by atoms with E-state index in [1.165, 1.54) is 78.9 Å². The molecule has 11 atom stereocenters. The van der Waals surface area contributed by atoms with Crippen molar-refractivity contribution in [3.8, 4) is 23.0 Å². The van der Waals surface area contributed by atoms with E-state index in [1.54, 1.807) is 102 Å². The Morgan fingerprint density at radius 1 is 0.477 bits per heavy atom. The molecule has 3 aliphatic rings. The molecular formula is C81H77FN20O23S3. The highest BCUT2D eigenvalue weighted by molar-refractivity contribution is 7.87. The number of nitrogens with zero attached hydrogens (tertiary/aromatic N) is 15. The minimum Gasteiger partial charge on any atom is -0.497 e. The molecule has 0 spiro atoms. The number of hydrogen-bond donors (Lipinski definition) is 5. The van der Waals surface area contributed by atoms with Gasteiger partial charge < -0.3 is 52.2 Å². The summed E-state index contributed by atoms with van der Waals surface area (Å²) in [4.78, 5) is 107. The summed E-state index contributed by atoms with van der Waals surface area (Å²) in [5.74, 6) is -0.880. The van der Waals surface area contributed by atoms with Gasteiger partial charge in [0.2, 0.25) is 0 Å². The summed E-state index contributed by atoms with van der Waals surface area (Å²) in [7, 11) is -11.3. The number of aromatic nitrogens is 12. The Kier molecular flexibility index (Phi) is 27.6. The predicted molar refractivity (Wildman–Crippen MR) is 453 cm³/mol. The van der Waals surface area contributed by atoms with Crippen LogP contribution in [0.25, 0.3) is 33.5 Å². The van der Waals surface area contributed by atoms with E-state index >= 15 is 4.39 Å². The van der Waals surface area contributed by atoms with Crippen LogP contribution in [0, 0.1) is 36.3 Å². The van der Waals surface area contributed by atoms with Crippen molar-refractivity contribution in [2.45, 2.75) is 114 Å². The Morgan fingerprint density at radius 2 is 0.867 bits per heavy atom. The number of nitrogens with one attached hydrogen (secondary N) is 5. The fourth-order valence-corrected chi connectivity index (χ4v) is 17.2. The van der Waals surface area contributed by atoms with Crippen LogP contribution in [0.2, 0.25) is 0 Å². The average Bonchev–Trinajstić information content (AvgIpc) is 1.62. The summed E-state index contributed by atoms with van der Waals surface area (Å²) >= 11 is 0. The third kappa shape index (κ3) is 21.4. The molecule has 0 bridgehead atoms. The molecular weight excluding hydrogens is 1740 g/mol. The molecule has 0 aliphatic carbocycles. The SMILES string of the molecule is CC[C@H]1O[C@@H](n2cnc3c(NC(=O)c4ccccc4)ncnc32)C[C@@H]1NS(=O)(=O)Oc1ccc([N+](=O)[O-])cc1.CC[C@H]1O[C@@H](n2cnc3c(NC(=O)c4ccccc4)ncnc32)[C@H](F)[C@@H]1NS(=O)(=O)Oc1ccc([N+](=O)[O-])cc1.COc1ccc(CO[C@@H]2[C@H](C)[C@@H](CCS(=O)(=O)Oc3ccc([N+](=O)[O-])cc3)O[C@H]2n2cnc3c(NC(=O)c4ccccc4)ncnc32)cc1. The summed E-state index contributed by atoms with van der Waals surface area (Å²) in [5, 5.41) is 40.8. The number of rotatable bonds is 31. The van der Waals surface area contributed by atoms with E-state index < -0.39 is 113 Å². The minimum atomic E-state index is -4.55. The van der Waals surface area contributed by atoms with Crippen LogP contribution in [-0.4, -0.2) is 172 Å². The van der Waals surface area contributed by atoms with Crippen molar-refractivity contribution in [1.29, 1.82) is 0 Å². The van der Waals surface area contributed by atoms with E-state index in [4.69, 9.17) is 36.2 Å². The van der Waals surface area contributed by atoms with Gasteiger partial charge in [-0.05, 0) is 110 Å². The van der Waals surface area contributed by atoms with Crippen molar-refractivity contribution >= 4 is 116 Å². The quantitative estimate of drug-likeness (QED) is 0.0153. The number of ether oxygens (including phenoxy) is 5. The van der Waals surface area contributed by atoms with Crippen LogP contribution in [0.3, 0.4) is 0 Å². The maximum absolute atomic E-state index is 15.8. The van der Waals surface area contributed by atoms with Crippen LogP contribution in [0.15, 0.2) is 226 Å². The second-order valence-electron chi connectivity index (χ2n) is 28.7. The number of non-ortho nitro benzene ring substituents is 3. The molecule has 664 valence electrons. The van der Waals surface area contributed by atoms with Crippen molar-refractivity contribution in [3.63, 3.8) is 0 Å². The largest absolute Gasteiger partial charge is 0.497 e. The number of anilines is 3. The minimum absolute atomic E-state index is 0.0377. The van der Waals surface area contributed by atoms with Crippen molar-refractivity contribution in [2.75, 3.05) is 28.8 Å². The highest BCUT2D eigenvalue weighted by Gasteiger charge is 2.49. The molecule has 3 aliphatic heterocycles. The van der Waals surface area contributed by atoms with Gasteiger partial charge >= 0.3 is 30.7 Å².